The number of pyridine rings is 1. The Morgan fingerprint density at radius 1 is 1.56 bits per heavy atom. The third kappa shape index (κ3) is 2.42. The minimum atomic E-state index is 0.152. The van der Waals surface area contributed by atoms with E-state index in [9.17, 15) is 0 Å². The smallest absolute Gasteiger partial charge is 0.202 e. The molecule has 1 atom stereocenters. The maximum absolute atomic E-state index is 5.98. The van der Waals surface area contributed by atoms with Crippen LogP contribution in [0, 0.1) is 0 Å². The lowest BCUT2D eigenvalue weighted by Gasteiger charge is -2.18. The second-order valence-electron chi connectivity index (χ2n) is 4.23. The lowest BCUT2D eigenvalue weighted by Crippen LogP contribution is -2.17. The lowest BCUT2D eigenvalue weighted by molar-refractivity contribution is 0.152. The molecule has 0 aliphatic heterocycles. The SMILES string of the molecule is CCCC(COC)n1c(N)nc2cc(Cl)cnc21. The molecule has 5 nitrogen and oxygen atoms in total. The predicted molar refractivity (Wildman–Crippen MR) is 72.8 cm³/mol. The molecular formula is C12H17ClN4O. The summed E-state index contributed by atoms with van der Waals surface area (Å²) in [5.74, 6) is 0.454. The van der Waals surface area contributed by atoms with Gasteiger partial charge in [-0.05, 0) is 12.5 Å². The summed E-state index contributed by atoms with van der Waals surface area (Å²) < 4.78 is 7.18. The van der Waals surface area contributed by atoms with E-state index in [-0.39, 0.29) is 6.04 Å². The van der Waals surface area contributed by atoms with Gasteiger partial charge in [-0.15, -0.1) is 0 Å². The molecule has 18 heavy (non-hydrogen) atoms. The lowest BCUT2D eigenvalue weighted by atomic mass is 10.2. The first-order chi connectivity index (χ1) is 8.67. The average Bonchev–Trinajstić information content (AvgIpc) is 2.64. The molecule has 0 aromatic carbocycles. The number of nitrogens with zero attached hydrogens (tertiary/aromatic N) is 3. The molecule has 2 N–H and O–H groups in total. The fourth-order valence-corrected chi connectivity index (χ4v) is 2.30. The summed E-state index contributed by atoms with van der Waals surface area (Å²) in [5, 5.41) is 0.561. The zero-order valence-electron chi connectivity index (χ0n) is 10.6. The summed E-state index contributed by atoms with van der Waals surface area (Å²) in [6, 6.07) is 1.92. The van der Waals surface area contributed by atoms with E-state index in [4.69, 9.17) is 22.1 Å². The topological polar surface area (TPSA) is 66.0 Å². The third-order valence-electron chi connectivity index (χ3n) is 2.87. The molecule has 0 radical (unpaired) electrons. The van der Waals surface area contributed by atoms with Crippen LogP contribution in [0.1, 0.15) is 25.8 Å². The van der Waals surface area contributed by atoms with E-state index in [1.807, 2.05) is 4.57 Å². The number of aromatic nitrogens is 3. The van der Waals surface area contributed by atoms with Crippen LogP contribution in [-0.4, -0.2) is 28.3 Å². The first-order valence-corrected chi connectivity index (χ1v) is 6.33. The van der Waals surface area contributed by atoms with Gasteiger partial charge in [0.15, 0.2) is 5.65 Å². The number of hydrogen-bond acceptors (Lipinski definition) is 4. The molecule has 0 aliphatic carbocycles. The van der Waals surface area contributed by atoms with Crippen LogP contribution in [0.2, 0.25) is 5.02 Å². The molecule has 2 aromatic heterocycles. The third-order valence-corrected chi connectivity index (χ3v) is 3.08. The molecule has 0 spiro atoms. The van der Waals surface area contributed by atoms with E-state index in [1.165, 1.54) is 0 Å². The van der Waals surface area contributed by atoms with Crippen LogP contribution in [0.3, 0.4) is 0 Å². The van der Waals surface area contributed by atoms with E-state index in [0.29, 0.717) is 17.6 Å². The molecule has 2 heterocycles. The maximum atomic E-state index is 5.98. The minimum Gasteiger partial charge on any atom is -0.383 e. The van der Waals surface area contributed by atoms with E-state index in [1.54, 1.807) is 19.4 Å². The Labute approximate surface area is 111 Å². The normalized spacial score (nSPS) is 13.1. The highest BCUT2D eigenvalue weighted by Gasteiger charge is 2.18. The van der Waals surface area contributed by atoms with E-state index in [2.05, 4.69) is 16.9 Å². The van der Waals surface area contributed by atoms with Gasteiger partial charge >= 0.3 is 0 Å². The molecule has 98 valence electrons. The van der Waals surface area contributed by atoms with Gasteiger partial charge in [0.2, 0.25) is 5.95 Å². The molecule has 2 rings (SSSR count). The van der Waals surface area contributed by atoms with Crippen molar-refractivity contribution < 1.29 is 4.74 Å². The first kappa shape index (κ1) is 13.1. The van der Waals surface area contributed by atoms with Crippen LogP contribution in [0.5, 0.6) is 0 Å². The molecule has 0 saturated carbocycles. The van der Waals surface area contributed by atoms with Crippen molar-refractivity contribution in [2.75, 3.05) is 19.5 Å². The molecule has 0 fully saturated rings. The van der Waals surface area contributed by atoms with E-state index >= 15 is 0 Å². The van der Waals surface area contributed by atoms with Gasteiger partial charge in [0.25, 0.3) is 0 Å². The van der Waals surface area contributed by atoms with Crippen LogP contribution in [0.15, 0.2) is 12.3 Å². The summed E-state index contributed by atoms with van der Waals surface area (Å²) in [4.78, 5) is 8.62. The summed E-state index contributed by atoms with van der Waals surface area (Å²) in [5.41, 5.74) is 7.45. The number of methoxy groups -OCH3 is 1. The molecular weight excluding hydrogens is 252 g/mol. The Hall–Kier alpha value is -1.33. The number of fused-ring (bicyclic) bond motifs is 1. The van der Waals surface area contributed by atoms with Crippen molar-refractivity contribution in [2.24, 2.45) is 0 Å². The molecule has 0 saturated heterocycles. The van der Waals surface area contributed by atoms with Gasteiger partial charge in [-0.25, -0.2) is 9.97 Å². The van der Waals surface area contributed by atoms with Crippen molar-refractivity contribution in [3.05, 3.63) is 17.3 Å². The Morgan fingerprint density at radius 2 is 2.33 bits per heavy atom. The second kappa shape index (κ2) is 5.54. The zero-order chi connectivity index (χ0) is 13.1. The highest BCUT2D eigenvalue weighted by atomic mass is 35.5. The van der Waals surface area contributed by atoms with Crippen molar-refractivity contribution in [3.8, 4) is 0 Å². The fraction of sp³-hybridized carbons (Fsp3) is 0.500. The Bertz CT molecular complexity index is 534. The molecule has 1 unspecified atom stereocenters. The quantitative estimate of drug-likeness (QED) is 0.905. The van der Waals surface area contributed by atoms with Crippen molar-refractivity contribution in [3.63, 3.8) is 0 Å². The monoisotopic (exact) mass is 268 g/mol. The minimum absolute atomic E-state index is 0.152. The van der Waals surface area contributed by atoms with E-state index < -0.39 is 0 Å². The Kier molecular flexibility index (Phi) is 4.04. The van der Waals surface area contributed by atoms with Crippen molar-refractivity contribution >= 4 is 28.7 Å². The number of hydrogen-bond donors (Lipinski definition) is 1. The van der Waals surface area contributed by atoms with Gasteiger partial charge in [-0.1, -0.05) is 24.9 Å². The van der Waals surface area contributed by atoms with Gasteiger partial charge in [0.1, 0.15) is 5.52 Å². The van der Waals surface area contributed by atoms with Crippen molar-refractivity contribution in [1.82, 2.24) is 14.5 Å². The summed E-state index contributed by atoms with van der Waals surface area (Å²) in [7, 11) is 1.68. The molecule has 0 bridgehead atoms. The largest absolute Gasteiger partial charge is 0.383 e. The standard InChI is InChI=1S/C12H17ClN4O/c1-3-4-9(7-18-2)17-11-10(16-12(17)14)5-8(13)6-15-11/h5-6,9H,3-4,7H2,1-2H3,(H2,14,16). The van der Waals surface area contributed by atoms with Crippen molar-refractivity contribution in [1.29, 1.82) is 0 Å². The summed E-state index contributed by atoms with van der Waals surface area (Å²) >= 11 is 5.90. The average molecular weight is 269 g/mol. The number of ether oxygens (including phenoxy) is 1. The van der Waals surface area contributed by atoms with Gasteiger partial charge in [-0.3, -0.25) is 4.57 Å². The highest BCUT2D eigenvalue weighted by Crippen LogP contribution is 2.25. The number of rotatable bonds is 5. The Morgan fingerprint density at radius 3 is 3.00 bits per heavy atom. The number of imidazole rings is 1. The molecule has 6 heteroatoms. The maximum Gasteiger partial charge on any atom is 0.202 e. The number of nitrogens with two attached hydrogens (primary N) is 1. The molecule has 2 aromatic rings. The summed E-state index contributed by atoms with van der Waals surface area (Å²) in [6.45, 7) is 2.72. The van der Waals surface area contributed by atoms with Crippen LogP contribution < -0.4 is 5.73 Å². The van der Waals surface area contributed by atoms with Gasteiger partial charge < -0.3 is 10.5 Å². The zero-order valence-corrected chi connectivity index (χ0v) is 11.3. The number of halogens is 1. The Balaban J connectivity index is 2.50. The van der Waals surface area contributed by atoms with Crippen LogP contribution in [-0.2, 0) is 4.74 Å². The second-order valence-corrected chi connectivity index (χ2v) is 4.67. The van der Waals surface area contributed by atoms with Gasteiger partial charge in [0, 0.05) is 13.3 Å². The number of anilines is 1. The summed E-state index contributed by atoms with van der Waals surface area (Å²) in [6.07, 6.45) is 3.62. The van der Waals surface area contributed by atoms with Crippen LogP contribution in [0.25, 0.3) is 11.2 Å². The van der Waals surface area contributed by atoms with Crippen molar-refractivity contribution in [2.45, 2.75) is 25.8 Å². The van der Waals surface area contributed by atoms with Gasteiger partial charge in [0.05, 0.1) is 17.7 Å². The molecule has 0 aliphatic rings. The fourth-order valence-electron chi connectivity index (χ4n) is 2.15. The van der Waals surface area contributed by atoms with E-state index in [0.717, 1.165) is 24.0 Å². The number of nitrogen functional groups attached to an aromatic ring is 1. The molecule has 0 amide bonds. The van der Waals surface area contributed by atoms with Crippen LogP contribution >= 0.6 is 11.6 Å². The van der Waals surface area contributed by atoms with Gasteiger partial charge in [-0.2, -0.15) is 0 Å². The predicted octanol–water partition coefficient (Wildman–Crippen LogP) is 2.65. The van der Waals surface area contributed by atoms with Crippen LogP contribution in [0.4, 0.5) is 5.95 Å². The first-order valence-electron chi connectivity index (χ1n) is 5.95. The highest BCUT2D eigenvalue weighted by molar-refractivity contribution is 6.31.